The summed E-state index contributed by atoms with van der Waals surface area (Å²) in [6.07, 6.45) is 3.97. The highest BCUT2D eigenvalue weighted by molar-refractivity contribution is 6.30. The molecular formula is C24H28ClN5O. The maximum absolute atomic E-state index is 13.3. The Kier molecular flexibility index (Phi) is 6.99. The topological polar surface area (TPSA) is 75.4 Å². The van der Waals surface area contributed by atoms with E-state index in [4.69, 9.17) is 17.3 Å². The van der Waals surface area contributed by atoms with E-state index in [1.165, 1.54) is 0 Å². The summed E-state index contributed by atoms with van der Waals surface area (Å²) in [6, 6.07) is 15.8. The first-order chi connectivity index (χ1) is 15.2. The van der Waals surface area contributed by atoms with E-state index in [1.54, 1.807) is 6.33 Å². The Morgan fingerprint density at radius 2 is 1.77 bits per heavy atom. The van der Waals surface area contributed by atoms with Crippen LogP contribution in [0.3, 0.4) is 0 Å². The molecule has 1 unspecified atom stereocenters. The van der Waals surface area contributed by atoms with Crippen molar-refractivity contribution in [3.8, 4) is 0 Å². The van der Waals surface area contributed by atoms with Crippen LogP contribution in [-0.4, -0.2) is 53.5 Å². The number of anilines is 1. The summed E-state index contributed by atoms with van der Waals surface area (Å²) in [5.41, 5.74) is 7.81. The molecule has 1 aromatic heterocycles. The minimum atomic E-state index is -0.0591. The number of carbonyl (C=O) groups excluding carboxylic acids is 1. The largest absolute Gasteiger partial charge is 0.352 e. The number of fused-ring (bicyclic) bond motifs is 1. The van der Waals surface area contributed by atoms with Gasteiger partial charge in [0.25, 0.3) is 0 Å². The number of amides is 1. The fraction of sp³-hybridized carbons (Fsp3) is 0.375. The molecule has 3 aromatic rings. The van der Waals surface area contributed by atoms with Gasteiger partial charge in [-0.25, -0.2) is 9.97 Å². The number of piperazine rings is 1. The number of hydrogen-bond donors (Lipinski definition) is 1. The van der Waals surface area contributed by atoms with E-state index in [2.05, 4.69) is 20.9 Å². The molecule has 4 rings (SSSR count). The summed E-state index contributed by atoms with van der Waals surface area (Å²) in [7, 11) is 0. The number of halogens is 1. The van der Waals surface area contributed by atoms with E-state index < -0.39 is 0 Å². The second kappa shape index (κ2) is 10.1. The normalized spacial score (nSPS) is 15.3. The Bertz CT molecular complexity index is 1010. The van der Waals surface area contributed by atoms with E-state index in [-0.39, 0.29) is 11.8 Å². The minimum absolute atomic E-state index is 0.0591. The SMILES string of the molecule is NCCCC(Cc1ccc(Cl)cc1)C(=O)N1CCN(c2ncnc3ccccc23)CC1. The average Bonchev–Trinajstić information content (AvgIpc) is 2.82. The zero-order chi connectivity index (χ0) is 21.6. The van der Waals surface area contributed by atoms with Gasteiger partial charge in [-0.1, -0.05) is 35.9 Å². The van der Waals surface area contributed by atoms with Gasteiger partial charge in [-0.2, -0.15) is 0 Å². The first-order valence-corrected chi connectivity index (χ1v) is 11.2. The van der Waals surface area contributed by atoms with Gasteiger partial charge in [0.05, 0.1) is 5.52 Å². The van der Waals surface area contributed by atoms with Crippen LogP contribution >= 0.6 is 11.6 Å². The van der Waals surface area contributed by atoms with E-state index in [1.807, 2.05) is 47.4 Å². The molecule has 162 valence electrons. The van der Waals surface area contributed by atoms with Gasteiger partial charge in [-0.3, -0.25) is 4.79 Å². The predicted octanol–water partition coefficient (Wildman–Crippen LogP) is 3.53. The predicted molar refractivity (Wildman–Crippen MR) is 125 cm³/mol. The lowest BCUT2D eigenvalue weighted by Gasteiger charge is -2.37. The second-order valence-electron chi connectivity index (χ2n) is 7.99. The van der Waals surface area contributed by atoms with E-state index in [0.29, 0.717) is 31.1 Å². The quantitative estimate of drug-likeness (QED) is 0.612. The first-order valence-electron chi connectivity index (χ1n) is 10.8. The van der Waals surface area contributed by atoms with E-state index in [0.717, 1.165) is 48.2 Å². The molecule has 0 saturated carbocycles. The summed E-state index contributed by atoms with van der Waals surface area (Å²) in [5.74, 6) is 1.10. The van der Waals surface area contributed by atoms with Crippen molar-refractivity contribution in [2.24, 2.45) is 11.7 Å². The third-order valence-corrected chi connectivity index (χ3v) is 6.17. The maximum Gasteiger partial charge on any atom is 0.226 e. The lowest BCUT2D eigenvalue weighted by atomic mass is 9.93. The van der Waals surface area contributed by atoms with E-state index in [9.17, 15) is 4.79 Å². The molecule has 1 aliphatic heterocycles. The Morgan fingerprint density at radius 3 is 2.52 bits per heavy atom. The Labute approximate surface area is 188 Å². The molecule has 2 N–H and O–H groups in total. The summed E-state index contributed by atoms with van der Waals surface area (Å²) in [5, 5.41) is 1.76. The van der Waals surface area contributed by atoms with Crippen molar-refractivity contribution in [3.05, 3.63) is 65.4 Å². The standard InChI is InChI=1S/C24H28ClN5O/c25-20-9-7-18(8-10-20)16-19(4-3-11-26)24(31)30-14-12-29(13-15-30)23-21-5-1-2-6-22(21)27-17-28-23/h1-2,5-10,17,19H,3-4,11-16,26H2. The molecule has 1 amide bonds. The van der Waals surface area contributed by atoms with Gasteiger partial charge >= 0.3 is 0 Å². The number of para-hydroxylation sites is 1. The zero-order valence-corrected chi connectivity index (χ0v) is 18.3. The van der Waals surface area contributed by atoms with Crippen LogP contribution in [0.5, 0.6) is 0 Å². The van der Waals surface area contributed by atoms with Crippen LogP contribution in [0.4, 0.5) is 5.82 Å². The summed E-state index contributed by atoms with van der Waals surface area (Å²) in [4.78, 5) is 26.5. The van der Waals surface area contributed by atoms with Gasteiger partial charge in [-0.15, -0.1) is 0 Å². The van der Waals surface area contributed by atoms with Gasteiger partial charge in [0.15, 0.2) is 0 Å². The van der Waals surface area contributed by atoms with Crippen molar-refractivity contribution >= 4 is 34.2 Å². The Balaban J connectivity index is 1.43. The van der Waals surface area contributed by atoms with Crippen molar-refractivity contribution in [2.75, 3.05) is 37.6 Å². The number of benzene rings is 2. The molecule has 6 nitrogen and oxygen atoms in total. The lowest BCUT2D eigenvalue weighted by Crippen LogP contribution is -2.51. The molecule has 7 heteroatoms. The monoisotopic (exact) mass is 437 g/mol. The smallest absolute Gasteiger partial charge is 0.226 e. The van der Waals surface area contributed by atoms with Crippen molar-refractivity contribution in [3.63, 3.8) is 0 Å². The van der Waals surface area contributed by atoms with E-state index >= 15 is 0 Å². The van der Waals surface area contributed by atoms with Crippen LogP contribution in [0.2, 0.25) is 5.02 Å². The molecule has 1 aliphatic rings. The molecule has 0 aliphatic carbocycles. The zero-order valence-electron chi connectivity index (χ0n) is 17.6. The van der Waals surface area contributed by atoms with Gasteiger partial charge in [0.2, 0.25) is 5.91 Å². The second-order valence-corrected chi connectivity index (χ2v) is 8.42. The number of aromatic nitrogens is 2. The first kappa shape index (κ1) is 21.5. The third kappa shape index (κ3) is 5.14. The van der Waals surface area contributed by atoms with Crippen molar-refractivity contribution in [1.82, 2.24) is 14.9 Å². The summed E-state index contributed by atoms with van der Waals surface area (Å²) < 4.78 is 0. The van der Waals surface area contributed by atoms with Gasteiger partial charge < -0.3 is 15.5 Å². The van der Waals surface area contributed by atoms with Crippen molar-refractivity contribution in [1.29, 1.82) is 0 Å². The third-order valence-electron chi connectivity index (χ3n) is 5.91. The molecule has 0 bridgehead atoms. The van der Waals surface area contributed by atoms with Crippen LogP contribution in [0.1, 0.15) is 18.4 Å². The van der Waals surface area contributed by atoms with Gasteiger partial charge in [0, 0.05) is 42.5 Å². The molecule has 2 heterocycles. The number of rotatable bonds is 7. The van der Waals surface area contributed by atoms with Crippen LogP contribution in [0.15, 0.2) is 54.9 Å². The summed E-state index contributed by atoms with van der Waals surface area (Å²) in [6.45, 7) is 3.50. The summed E-state index contributed by atoms with van der Waals surface area (Å²) >= 11 is 6.01. The maximum atomic E-state index is 13.3. The highest BCUT2D eigenvalue weighted by atomic mass is 35.5. The molecule has 31 heavy (non-hydrogen) atoms. The van der Waals surface area contributed by atoms with Crippen LogP contribution in [0, 0.1) is 5.92 Å². The van der Waals surface area contributed by atoms with Crippen molar-refractivity contribution < 1.29 is 4.79 Å². The highest BCUT2D eigenvalue weighted by Crippen LogP contribution is 2.25. The molecular weight excluding hydrogens is 410 g/mol. The molecule has 1 atom stereocenters. The number of carbonyl (C=O) groups is 1. The molecule has 2 aromatic carbocycles. The minimum Gasteiger partial charge on any atom is -0.352 e. The average molecular weight is 438 g/mol. The van der Waals surface area contributed by atoms with Gasteiger partial charge in [0.1, 0.15) is 12.1 Å². The Morgan fingerprint density at radius 1 is 1.03 bits per heavy atom. The Hall–Kier alpha value is -2.70. The van der Waals surface area contributed by atoms with Gasteiger partial charge in [-0.05, 0) is 55.6 Å². The molecule has 0 spiro atoms. The lowest BCUT2D eigenvalue weighted by molar-refractivity contribution is -0.136. The fourth-order valence-electron chi connectivity index (χ4n) is 4.22. The van der Waals surface area contributed by atoms with Crippen LogP contribution in [-0.2, 0) is 11.2 Å². The number of nitrogens with two attached hydrogens (primary N) is 1. The molecule has 0 radical (unpaired) electrons. The highest BCUT2D eigenvalue weighted by Gasteiger charge is 2.28. The van der Waals surface area contributed by atoms with Crippen LogP contribution < -0.4 is 10.6 Å². The number of hydrogen-bond acceptors (Lipinski definition) is 5. The molecule has 1 fully saturated rings. The number of nitrogens with zero attached hydrogens (tertiary/aromatic N) is 4. The molecule has 1 saturated heterocycles. The van der Waals surface area contributed by atoms with Crippen LogP contribution in [0.25, 0.3) is 10.9 Å². The van der Waals surface area contributed by atoms with Crippen molar-refractivity contribution in [2.45, 2.75) is 19.3 Å². The fourth-order valence-corrected chi connectivity index (χ4v) is 4.35.